The van der Waals surface area contributed by atoms with Gasteiger partial charge in [0.05, 0.1) is 18.3 Å². The highest BCUT2D eigenvalue weighted by Crippen LogP contribution is 2.30. The topological polar surface area (TPSA) is 75.9 Å². The minimum absolute atomic E-state index is 0.166. The minimum Gasteiger partial charge on any atom is -0.329 e. The summed E-state index contributed by atoms with van der Waals surface area (Å²) in [5, 5.41) is 7.77. The van der Waals surface area contributed by atoms with E-state index in [1.54, 1.807) is 16.5 Å². The van der Waals surface area contributed by atoms with Crippen LogP contribution in [0, 0.1) is 0 Å². The number of alkyl halides is 3. The Balaban J connectivity index is 1.61. The van der Waals surface area contributed by atoms with Gasteiger partial charge >= 0.3 is 6.18 Å². The lowest BCUT2D eigenvalue weighted by atomic mass is 10.0. The van der Waals surface area contributed by atoms with Crippen LogP contribution in [-0.2, 0) is 25.7 Å². The van der Waals surface area contributed by atoms with Gasteiger partial charge in [0.15, 0.2) is 0 Å². The molecule has 1 atom stereocenters. The van der Waals surface area contributed by atoms with E-state index in [-0.39, 0.29) is 5.91 Å². The molecule has 10 heteroatoms. The number of nitrogens with one attached hydrogen (secondary N) is 1. The van der Waals surface area contributed by atoms with Crippen LogP contribution in [0.4, 0.5) is 13.2 Å². The molecule has 0 fully saturated rings. The SMILES string of the molecule is CC(c1cnc(C(F)(F)F)nc1)N1CCn2nc3c(c2C1=O)CNCC3. The second-order valence-electron chi connectivity index (χ2n) is 6.44. The van der Waals surface area contributed by atoms with Gasteiger partial charge in [-0.15, -0.1) is 0 Å². The van der Waals surface area contributed by atoms with E-state index in [1.165, 1.54) is 0 Å². The number of rotatable bonds is 2. The van der Waals surface area contributed by atoms with Crippen LogP contribution in [0.15, 0.2) is 12.4 Å². The molecule has 2 aliphatic rings. The van der Waals surface area contributed by atoms with E-state index in [1.807, 2.05) is 0 Å². The number of hydrogen-bond donors (Lipinski definition) is 1. The summed E-state index contributed by atoms with van der Waals surface area (Å²) in [5.74, 6) is -1.35. The molecule has 0 aromatic carbocycles. The summed E-state index contributed by atoms with van der Waals surface area (Å²) in [4.78, 5) is 21.4. The van der Waals surface area contributed by atoms with Gasteiger partial charge in [-0.1, -0.05) is 0 Å². The first-order chi connectivity index (χ1) is 12.4. The van der Waals surface area contributed by atoms with E-state index in [2.05, 4.69) is 20.4 Å². The fourth-order valence-corrected chi connectivity index (χ4v) is 3.45. The molecule has 0 spiro atoms. The number of carbonyl (C=O) groups excluding carboxylic acids is 1. The number of hydrogen-bond acceptors (Lipinski definition) is 5. The molecule has 4 rings (SSSR count). The molecule has 2 aromatic rings. The Morgan fingerprint density at radius 3 is 2.65 bits per heavy atom. The van der Waals surface area contributed by atoms with Gasteiger partial charge in [0.2, 0.25) is 5.82 Å². The smallest absolute Gasteiger partial charge is 0.329 e. The van der Waals surface area contributed by atoms with Crippen LogP contribution < -0.4 is 5.32 Å². The van der Waals surface area contributed by atoms with Crippen LogP contribution >= 0.6 is 0 Å². The number of aromatic nitrogens is 4. The van der Waals surface area contributed by atoms with Crippen molar-refractivity contribution in [1.29, 1.82) is 0 Å². The lowest BCUT2D eigenvalue weighted by molar-refractivity contribution is -0.145. The minimum atomic E-state index is -4.58. The molecule has 0 saturated heterocycles. The summed E-state index contributed by atoms with van der Waals surface area (Å²) < 4.78 is 39.6. The zero-order valence-corrected chi connectivity index (χ0v) is 14.0. The molecule has 0 bridgehead atoms. The second kappa shape index (κ2) is 6.04. The van der Waals surface area contributed by atoms with Crippen LogP contribution in [0.2, 0.25) is 0 Å². The van der Waals surface area contributed by atoms with Gasteiger partial charge in [-0.25, -0.2) is 9.97 Å². The van der Waals surface area contributed by atoms with Crippen LogP contribution in [-0.4, -0.2) is 43.6 Å². The quantitative estimate of drug-likeness (QED) is 0.873. The van der Waals surface area contributed by atoms with Crippen molar-refractivity contribution >= 4 is 5.91 Å². The maximum Gasteiger partial charge on any atom is 0.451 e. The van der Waals surface area contributed by atoms with Crippen molar-refractivity contribution in [2.24, 2.45) is 0 Å². The van der Waals surface area contributed by atoms with Crippen molar-refractivity contribution in [2.45, 2.75) is 38.7 Å². The van der Waals surface area contributed by atoms with Crippen molar-refractivity contribution in [3.63, 3.8) is 0 Å². The van der Waals surface area contributed by atoms with E-state index in [4.69, 9.17) is 0 Å². The third kappa shape index (κ3) is 2.74. The van der Waals surface area contributed by atoms with Crippen molar-refractivity contribution in [1.82, 2.24) is 30.0 Å². The molecule has 0 aliphatic carbocycles. The molecule has 2 aliphatic heterocycles. The number of carbonyl (C=O) groups is 1. The number of halogens is 3. The molecular weight excluding hydrogens is 349 g/mol. The lowest BCUT2D eigenvalue weighted by Crippen LogP contribution is -2.42. The number of nitrogens with zero attached hydrogens (tertiary/aromatic N) is 5. The van der Waals surface area contributed by atoms with E-state index in [9.17, 15) is 18.0 Å². The molecule has 2 aromatic heterocycles. The van der Waals surface area contributed by atoms with Gasteiger partial charge in [-0.3, -0.25) is 9.48 Å². The van der Waals surface area contributed by atoms with Crippen LogP contribution in [0.5, 0.6) is 0 Å². The zero-order chi connectivity index (χ0) is 18.5. The normalized spacial score (nSPS) is 18.5. The standard InChI is InChI=1S/C16H17F3N6O/c1-9(10-6-21-15(22-7-10)16(17,18)19)24-4-5-25-13(14(24)26)11-8-20-3-2-12(11)23-25/h6-7,9,20H,2-5,8H2,1H3. The third-order valence-corrected chi connectivity index (χ3v) is 4.87. The Bertz CT molecular complexity index is 845. The third-order valence-electron chi connectivity index (χ3n) is 4.87. The summed E-state index contributed by atoms with van der Waals surface area (Å²) in [6.07, 6.45) is -1.53. The monoisotopic (exact) mass is 366 g/mol. The second-order valence-corrected chi connectivity index (χ2v) is 6.44. The maximum absolute atomic E-state index is 13.0. The Kier molecular flexibility index (Phi) is 3.94. The van der Waals surface area contributed by atoms with Gasteiger partial charge in [0.25, 0.3) is 5.91 Å². The van der Waals surface area contributed by atoms with Crippen LogP contribution in [0.25, 0.3) is 0 Å². The molecule has 138 valence electrons. The highest BCUT2D eigenvalue weighted by molar-refractivity contribution is 5.95. The predicted molar refractivity (Wildman–Crippen MR) is 84.1 cm³/mol. The van der Waals surface area contributed by atoms with Gasteiger partial charge in [0, 0.05) is 49.6 Å². The van der Waals surface area contributed by atoms with Gasteiger partial charge in [-0.2, -0.15) is 18.3 Å². The van der Waals surface area contributed by atoms with Gasteiger partial charge < -0.3 is 10.2 Å². The fraction of sp³-hybridized carbons (Fsp3) is 0.500. The van der Waals surface area contributed by atoms with Gasteiger partial charge in [-0.05, 0) is 6.92 Å². The summed E-state index contributed by atoms with van der Waals surface area (Å²) in [6.45, 7) is 4.19. The molecule has 1 unspecified atom stereocenters. The van der Waals surface area contributed by atoms with Gasteiger partial charge in [0.1, 0.15) is 5.69 Å². The summed E-state index contributed by atoms with van der Waals surface area (Å²) in [5.41, 5.74) is 2.89. The molecule has 1 amide bonds. The number of fused-ring (bicyclic) bond motifs is 3. The zero-order valence-electron chi connectivity index (χ0n) is 14.0. The van der Waals surface area contributed by atoms with Crippen molar-refractivity contribution in [2.75, 3.05) is 13.1 Å². The Morgan fingerprint density at radius 2 is 1.96 bits per heavy atom. The molecule has 4 heterocycles. The highest BCUT2D eigenvalue weighted by atomic mass is 19.4. The van der Waals surface area contributed by atoms with E-state index in [0.29, 0.717) is 30.9 Å². The lowest BCUT2D eigenvalue weighted by Gasteiger charge is -2.33. The summed E-state index contributed by atoms with van der Waals surface area (Å²) in [7, 11) is 0. The van der Waals surface area contributed by atoms with E-state index < -0.39 is 18.0 Å². The highest BCUT2D eigenvalue weighted by Gasteiger charge is 2.36. The summed E-state index contributed by atoms with van der Waals surface area (Å²) in [6, 6.07) is -0.430. The average molecular weight is 366 g/mol. The Labute approximate surface area is 147 Å². The van der Waals surface area contributed by atoms with E-state index in [0.717, 1.165) is 36.6 Å². The number of amides is 1. The first-order valence-corrected chi connectivity index (χ1v) is 8.35. The molecule has 7 nitrogen and oxygen atoms in total. The molecule has 1 N–H and O–H groups in total. The molecule has 26 heavy (non-hydrogen) atoms. The van der Waals surface area contributed by atoms with E-state index >= 15 is 0 Å². The first-order valence-electron chi connectivity index (χ1n) is 8.35. The molecule has 0 radical (unpaired) electrons. The van der Waals surface area contributed by atoms with Crippen LogP contribution in [0.3, 0.4) is 0 Å². The maximum atomic E-state index is 13.0. The van der Waals surface area contributed by atoms with Crippen molar-refractivity contribution in [3.05, 3.63) is 40.7 Å². The fourth-order valence-electron chi connectivity index (χ4n) is 3.45. The molecular formula is C16H17F3N6O. The van der Waals surface area contributed by atoms with Crippen molar-refractivity contribution < 1.29 is 18.0 Å². The first kappa shape index (κ1) is 17.0. The average Bonchev–Trinajstić information content (AvgIpc) is 3.00. The Morgan fingerprint density at radius 1 is 1.23 bits per heavy atom. The largest absolute Gasteiger partial charge is 0.451 e. The van der Waals surface area contributed by atoms with Crippen molar-refractivity contribution in [3.8, 4) is 0 Å². The van der Waals surface area contributed by atoms with Crippen LogP contribution in [0.1, 0.15) is 46.1 Å². The Hall–Kier alpha value is -2.49. The molecule has 0 saturated carbocycles. The predicted octanol–water partition coefficient (Wildman–Crippen LogP) is 1.55. The summed E-state index contributed by atoms with van der Waals surface area (Å²) >= 11 is 0.